The predicted molar refractivity (Wildman–Crippen MR) is 69.6 cm³/mol. The fraction of sp³-hybridized carbons (Fsp3) is 0.308. The maximum Gasteiger partial charge on any atom is 0.305 e. The summed E-state index contributed by atoms with van der Waals surface area (Å²) in [6.07, 6.45) is -0.153. The number of carboxylic acids is 1. The van der Waals surface area contributed by atoms with E-state index in [1.54, 1.807) is 24.3 Å². The number of anilines is 1. The van der Waals surface area contributed by atoms with Crippen LogP contribution in [-0.2, 0) is 14.4 Å². The summed E-state index contributed by atoms with van der Waals surface area (Å²) < 4.78 is 5.26. The van der Waals surface area contributed by atoms with Gasteiger partial charge in [-0.2, -0.15) is 0 Å². The molecular weight excluding hydrogens is 264 g/mol. The Morgan fingerprint density at radius 1 is 1.35 bits per heavy atom. The lowest BCUT2D eigenvalue weighted by Crippen LogP contribution is -2.45. The van der Waals surface area contributed by atoms with Crippen LogP contribution < -0.4 is 15.0 Å². The van der Waals surface area contributed by atoms with E-state index in [-0.39, 0.29) is 32.0 Å². The molecule has 2 rings (SSSR count). The molecule has 0 aliphatic carbocycles. The van der Waals surface area contributed by atoms with Gasteiger partial charge in [-0.15, -0.1) is 0 Å². The summed E-state index contributed by atoms with van der Waals surface area (Å²) in [7, 11) is 0. The Morgan fingerprint density at radius 3 is 2.85 bits per heavy atom. The first-order valence-corrected chi connectivity index (χ1v) is 6.08. The van der Waals surface area contributed by atoms with Gasteiger partial charge in [-0.3, -0.25) is 19.3 Å². The van der Waals surface area contributed by atoms with Crippen molar-refractivity contribution in [3.05, 3.63) is 24.3 Å². The number of nitrogens with one attached hydrogen (secondary N) is 1. The monoisotopic (exact) mass is 278 g/mol. The Labute approximate surface area is 115 Å². The molecule has 2 N–H and O–H groups in total. The first-order valence-electron chi connectivity index (χ1n) is 6.08. The van der Waals surface area contributed by atoms with Gasteiger partial charge in [0.25, 0.3) is 5.91 Å². The average Bonchev–Trinajstić information content (AvgIpc) is 2.41. The van der Waals surface area contributed by atoms with Gasteiger partial charge in [-0.05, 0) is 12.1 Å². The van der Waals surface area contributed by atoms with Gasteiger partial charge in [0.1, 0.15) is 12.3 Å². The highest BCUT2D eigenvalue weighted by atomic mass is 16.5. The fourth-order valence-electron chi connectivity index (χ4n) is 1.84. The number of carbonyl (C=O) groups excluding carboxylic acids is 2. The number of rotatable bonds is 5. The SMILES string of the molecule is O=C(O)CCNC(=O)CN1C(=O)COc2ccccc21. The van der Waals surface area contributed by atoms with E-state index >= 15 is 0 Å². The molecule has 1 aromatic carbocycles. The van der Waals surface area contributed by atoms with E-state index in [1.165, 1.54) is 4.90 Å². The molecule has 0 spiro atoms. The smallest absolute Gasteiger partial charge is 0.305 e. The molecule has 0 atom stereocenters. The van der Waals surface area contributed by atoms with E-state index in [2.05, 4.69) is 5.32 Å². The molecule has 20 heavy (non-hydrogen) atoms. The normalized spacial score (nSPS) is 13.4. The summed E-state index contributed by atoms with van der Waals surface area (Å²) in [4.78, 5) is 35.2. The van der Waals surface area contributed by atoms with Crippen molar-refractivity contribution in [1.82, 2.24) is 5.32 Å². The Kier molecular flexibility index (Phi) is 4.19. The topological polar surface area (TPSA) is 95.9 Å². The highest BCUT2D eigenvalue weighted by Gasteiger charge is 2.26. The van der Waals surface area contributed by atoms with Crippen LogP contribution in [0.1, 0.15) is 6.42 Å². The van der Waals surface area contributed by atoms with Crippen molar-refractivity contribution in [1.29, 1.82) is 0 Å². The van der Waals surface area contributed by atoms with Gasteiger partial charge in [-0.1, -0.05) is 12.1 Å². The summed E-state index contributed by atoms with van der Waals surface area (Å²) in [6, 6.07) is 6.93. The first-order chi connectivity index (χ1) is 9.58. The summed E-state index contributed by atoms with van der Waals surface area (Å²) in [5.41, 5.74) is 0.539. The zero-order valence-electron chi connectivity index (χ0n) is 10.7. The van der Waals surface area contributed by atoms with Crippen LogP contribution in [-0.4, -0.2) is 42.6 Å². The molecule has 1 heterocycles. The number of para-hydroxylation sites is 2. The van der Waals surface area contributed by atoms with Crippen LogP contribution in [0.25, 0.3) is 0 Å². The van der Waals surface area contributed by atoms with E-state index in [0.717, 1.165) is 0 Å². The lowest BCUT2D eigenvalue weighted by atomic mass is 10.2. The van der Waals surface area contributed by atoms with Crippen molar-refractivity contribution in [2.24, 2.45) is 0 Å². The van der Waals surface area contributed by atoms with E-state index in [4.69, 9.17) is 9.84 Å². The summed E-state index contributed by atoms with van der Waals surface area (Å²) >= 11 is 0. The lowest BCUT2D eigenvalue weighted by molar-refractivity contribution is -0.137. The molecule has 1 aliphatic heterocycles. The van der Waals surface area contributed by atoms with Gasteiger partial charge in [0.15, 0.2) is 6.61 Å². The minimum atomic E-state index is -0.988. The Hall–Kier alpha value is -2.57. The summed E-state index contributed by atoms with van der Waals surface area (Å²) in [5.74, 6) is -1.16. The zero-order valence-corrected chi connectivity index (χ0v) is 10.7. The number of hydrogen-bond acceptors (Lipinski definition) is 4. The fourth-order valence-corrected chi connectivity index (χ4v) is 1.84. The minimum absolute atomic E-state index is 0.0361. The Bertz CT molecular complexity index is 543. The number of aliphatic carboxylic acids is 1. The Morgan fingerprint density at radius 2 is 2.10 bits per heavy atom. The molecule has 0 unspecified atom stereocenters. The van der Waals surface area contributed by atoms with Crippen LogP contribution in [0.3, 0.4) is 0 Å². The molecule has 0 radical (unpaired) electrons. The maximum absolute atomic E-state index is 11.8. The van der Waals surface area contributed by atoms with Crippen LogP contribution in [0.2, 0.25) is 0 Å². The molecule has 0 saturated heterocycles. The first kappa shape index (κ1) is 13.9. The van der Waals surface area contributed by atoms with Crippen molar-refractivity contribution in [3.8, 4) is 5.75 Å². The quantitative estimate of drug-likeness (QED) is 0.790. The largest absolute Gasteiger partial charge is 0.482 e. The Balaban J connectivity index is 1.99. The second-order valence-electron chi connectivity index (χ2n) is 4.23. The number of nitrogens with zero attached hydrogens (tertiary/aromatic N) is 1. The van der Waals surface area contributed by atoms with Gasteiger partial charge in [0, 0.05) is 6.54 Å². The number of carbonyl (C=O) groups is 3. The van der Waals surface area contributed by atoms with Gasteiger partial charge < -0.3 is 15.2 Å². The minimum Gasteiger partial charge on any atom is -0.482 e. The third kappa shape index (κ3) is 3.25. The highest BCUT2D eigenvalue weighted by Crippen LogP contribution is 2.30. The van der Waals surface area contributed by atoms with Gasteiger partial charge in [-0.25, -0.2) is 0 Å². The molecular formula is C13H14N2O5. The second-order valence-corrected chi connectivity index (χ2v) is 4.23. The standard InChI is InChI=1S/C13H14N2O5/c16-11(14-6-5-13(18)19)7-15-9-3-1-2-4-10(9)20-8-12(15)17/h1-4H,5-8H2,(H,14,16)(H,18,19). The van der Waals surface area contributed by atoms with E-state index in [9.17, 15) is 14.4 Å². The molecule has 7 nitrogen and oxygen atoms in total. The van der Waals surface area contributed by atoms with Gasteiger partial charge >= 0.3 is 5.97 Å². The molecule has 106 valence electrons. The average molecular weight is 278 g/mol. The van der Waals surface area contributed by atoms with Crippen LogP contribution in [0.4, 0.5) is 5.69 Å². The van der Waals surface area contributed by atoms with Crippen molar-refractivity contribution in [2.75, 3.05) is 24.6 Å². The lowest BCUT2D eigenvalue weighted by Gasteiger charge is -2.28. The van der Waals surface area contributed by atoms with Crippen LogP contribution >= 0.6 is 0 Å². The number of fused-ring (bicyclic) bond motifs is 1. The van der Waals surface area contributed by atoms with Gasteiger partial charge in [0.05, 0.1) is 12.1 Å². The van der Waals surface area contributed by atoms with Crippen molar-refractivity contribution < 1.29 is 24.2 Å². The van der Waals surface area contributed by atoms with Crippen LogP contribution in [0, 0.1) is 0 Å². The van der Waals surface area contributed by atoms with E-state index in [0.29, 0.717) is 11.4 Å². The predicted octanol–water partition coefficient (Wildman–Crippen LogP) is 0.00290. The molecule has 0 bridgehead atoms. The number of benzene rings is 1. The number of hydrogen-bond donors (Lipinski definition) is 2. The van der Waals surface area contributed by atoms with Crippen LogP contribution in [0.5, 0.6) is 5.75 Å². The van der Waals surface area contributed by atoms with Gasteiger partial charge in [0.2, 0.25) is 5.91 Å². The molecule has 0 fully saturated rings. The van der Waals surface area contributed by atoms with E-state index in [1.807, 2.05) is 0 Å². The number of amides is 2. The molecule has 1 aliphatic rings. The summed E-state index contributed by atoms with van der Waals surface area (Å²) in [5, 5.41) is 10.9. The maximum atomic E-state index is 11.8. The third-order valence-corrected chi connectivity index (χ3v) is 2.77. The number of carboxylic acid groups (broad SMARTS) is 1. The highest BCUT2D eigenvalue weighted by molar-refractivity contribution is 6.02. The van der Waals surface area contributed by atoms with Crippen molar-refractivity contribution >= 4 is 23.5 Å². The molecule has 1 aromatic rings. The second kappa shape index (κ2) is 6.05. The number of ether oxygens (including phenoxy) is 1. The third-order valence-electron chi connectivity index (χ3n) is 2.77. The van der Waals surface area contributed by atoms with Crippen molar-refractivity contribution in [3.63, 3.8) is 0 Å². The zero-order chi connectivity index (χ0) is 14.5. The van der Waals surface area contributed by atoms with Crippen LogP contribution in [0.15, 0.2) is 24.3 Å². The summed E-state index contributed by atoms with van der Waals surface area (Å²) in [6.45, 7) is -0.230. The molecule has 0 aromatic heterocycles. The van der Waals surface area contributed by atoms with Crippen molar-refractivity contribution in [2.45, 2.75) is 6.42 Å². The molecule has 2 amide bonds. The molecule has 0 saturated carbocycles. The molecule has 7 heteroatoms. The van der Waals surface area contributed by atoms with E-state index < -0.39 is 11.9 Å².